The van der Waals surface area contributed by atoms with E-state index in [2.05, 4.69) is 15.8 Å². The summed E-state index contributed by atoms with van der Waals surface area (Å²) in [5.41, 5.74) is 0.818. The second-order valence-corrected chi connectivity index (χ2v) is 5.87. The summed E-state index contributed by atoms with van der Waals surface area (Å²) >= 11 is 0. The monoisotopic (exact) mass is 347 g/mol. The number of urea groups is 1. The van der Waals surface area contributed by atoms with Crippen LogP contribution in [0.15, 0.2) is 29.4 Å². The number of hydrogen-bond donors (Lipinski definition) is 2. The summed E-state index contributed by atoms with van der Waals surface area (Å²) in [6.07, 6.45) is 6.85. The van der Waals surface area contributed by atoms with Crippen LogP contribution in [-0.4, -0.2) is 37.4 Å². The number of ether oxygens (including phenoxy) is 1. The number of hydrogen-bond acceptors (Lipinski definition) is 5. The van der Waals surface area contributed by atoms with Crippen LogP contribution < -0.4 is 15.4 Å². The van der Waals surface area contributed by atoms with Crippen molar-refractivity contribution in [3.63, 3.8) is 0 Å². The predicted octanol–water partition coefficient (Wildman–Crippen LogP) is 2.59. The molecule has 0 spiro atoms. The predicted molar refractivity (Wildman–Crippen MR) is 94.7 cm³/mol. The van der Waals surface area contributed by atoms with E-state index in [4.69, 9.17) is 9.57 Å². The molecule has 0 heterocycles. The van der Waals surface area contributed by atoms with Gasteiger partial charge in [-0.1, -0.05) is 24.4 Å². The lowest BCUT2D eigenvalue weighted by Gasteiger charge is -2.22. The highest BCUT2D eigenvalue weighted by Gasteiger charge is 2.16. The Hall–Kier alpha value is -2.57. The van der Waals surface area contributed by atoms with E-state index in [0.29, 0.717) is 6.61 Å². The van der Waals surface area contributed by atoms with Gasteiger partial charge >= 0.3 is 6.03 Å². The number of nitrogens with zero attached hydrogens (tertiary/aromatic N) is 1. The van der Waals surface area contributed by atoms with Crippen molar-refractivity contribution in [2.75, 3.05) is 13.2 Å². The van der Waals surface area contributed by atoms with Crippen molar-refractivity contribution in [3.05, 3.63) is 29.8 Å². The quantitative estimate of drug-likeness (QED) is 0.586. The van der Waals surface area contributed by atoms with E-state index < -0.39 is 11.9 Å². The SMILES string of the molecule is CCOc1ccc(/C=N\OCC(=O)NC(=O)NC2CCCCC2)cc1. The van der Waals surface area contributed by atoms with Crippen molar-refractivity contribution < 1.29 is 19.2 Å². The molecular formula is C18H25N3O4. The molecule has 0 bridgehead atoms. The molecule has 1 aromatic carbocycles. The zero-order valence-corrected chi connectivity index (χ0v) is 14.5. The van der Waals surface area contributed by atoms with E-state index in [9.17, 15) is 9.59 Å². The zero-order valence-electron chi connectivity index (χ0n) is 14.5. The lowest BCUT2D eigenvalue weighted by molar-refractivity contribution is -0.124. The van der Waals surface area contributed by atoms with Crippen LogP contribution in [0.25, 0.3) is 0 Å². The molecule has 2 N–H and O–H groups in total. The first kappa shape index (κ1) is 18.8. The molecule has 0 aromatic heterocycles. The fourth-order valence-corrected chi connectivity index (χ4v) is 2.64. The third-order valence-corrected chi connectivity index (χ3v) is 3.86. The molecule has 1 saturated carbocycles. The maximum atomic E-state index is 11.7. The molecule has 0 radical (unpaired) electrons. The van der Waals surface area contributed by atoms with E-state index in [1.165, 1.54) is 12.6 Å². The van der Waals surface area contributed by atoms with Crippen LogP contribution in [0.5, 0.6) is 5.75 Å². The van der Waals surface area contributed by atoms with Gasteiger partial charge in [-0.05, 0) is 49.6 Å². The number of carbonyl (C=O) groups is 2. The molecule has 0 atom stereocenters. The van der Waals surface area contributed by atoms with Gasteiger partial charge in [0.2, 0.25) is 0 Å². The largest absolute Gasteiger partial charge is 0.494 e. The molecule has 0 saturated heterocycles. The van der Waals surface area contributed by atoms with Crippen LogP contribution in [0.4, 0.5) is 4.79 Å². The fourth-order valence-electron chi connectivity index (χ4n) is 2.64. The maximum absolute atomic E-state index is 11.7. The molecule has 3 amide bonds. The molecular weight excluding hydrogens is 322 g/mol. The van der Waals surface area contributed by atoms with Crippen molar-refractivity contribution in [3.8, 4) is 5.75 Å². The Bertz CT molecular complexity index is 580. The molecule has 1 fully saturated rings. The first-order valence-electron chi connectivity index (χ1n) is 8.66. The van der Waals surface area contributed by atoms with Crippen molar-refractivity contribution in [2.45, 2.75) is 45.1 Å². The Morgan fingerprint density at radius 3 is 2.60 bits per heavy atom. The van der Waals surface area contributed by atoms with Crippen molar-refractivity contribution in [2.24, 2.45) is 5.16 Å². The van der Waals surface area contributed by atoms with E-state index >= 15 is 0 Å². The van der Waals surface area contributed by atoms with Gasteiger partial charge in [0.25, 0.3) is 5.91 Å². The van der Waals surface area contributed by atoms with Gasteiger partial charge in [0.1, 0.15) is 5.75 Å². The average molecular weight is 347 g/mol. The molecule has 25 heavy (non-hydrogen) atoms. The minimum absolute atomic E-state index is 0.153. The molecule has 136 valence electrons. The number of nitrogens with one attached hydrogen (secondary N) is 2. The first-order valence-corrected chi connectivity index (χ1v) is 8.66. The number of amides is 3. The van der Waals surface area contributed by atoms with E-state index in [1.54, 1.807) is 0 Å². The highest BCUT2D eigenvalue weighted by atomic mass is 16.6. The third kappa shape index (κ3) is 7.24. The van der Waals surface area contributed by atoms with Gasteiger partial charge in [0.05, 0.1) is 12.8 Å². The highest BCUT2D eigenvalue weighted by molar-refractivity contribution is 5.95. The first-order chi connectivity index (χ1) is 12.2. The lowest BCUT2D eigenvalue weighted by Crippen LogP contribution is -2.46. The molecule has 2 rings (SSSR count). The summed E-state index contributed by atoms with van der Waals surface area (Å²) in [6, 6.07) is 6.99. The Kier molecular flexibility index (Phi) is 7.75. The van der Waals surface area contributed by atoms with Crippen LogP contribution >= 0.6 is 0 Å². The van der Waals surface area contributed by atoms with Crippen molar-refractivity contribution >= 4 is 18.2 Å². The molecule has 1 aliphatic carbocycles. The molecule has 0 unspecified atom stereocenters. The highest BCUT2D eigenvalue weighted by Crippen LogP contribution is 2.17. The van der Waals surface area contributed by atoms with Gasteiger partial charge in [0.15, 0.2) is 6.61 Å². The summed E-state index contributed by atoms with van der Waals surface area (Å²) in [4.78, 5) is 28.3. The smallest absolute Gasteiger partial charge is 0.321 e. The number of benzene rings is 1. The fraction of sp³-hybridized carbons (Fsp3) is 0.500. The maximum Gasteiger partial charge on any atom is 0.321 e. The second kappa shape index (κ2) is 10.3. The summed E-state index contributed by atoms with van der Waals surface area (Å²) < 4.78 is 5.34. The Morgan fingerprint density at radius 1 is 1.20 bits per heavy atom. The molecule has 7 nitrogen and oxygen atoms in total. The van der Waals surface area contributed by atoms with E-state index in [1.807, 2.05) is 31.2 Å². The summed E-state index contributed by atoms with van der Waals surface area (Å²) in [6.45, 7) is 2.22. The standard InChI is InChI=1S/C18H25N3O4/c1-2-24-16-10-8-14(9-11-16)12-19-25-13-17(22)21-18(23)20-15-6-4-3-5-7-15/h8-12,15H,2-7,13H2,1H3,(H2,20,21,22,23)/b19-12-. The van der Waals surface area contributed by atoms with Gasteiger partial charge in [-0.25, -0.2) is 4.79 Å². The average Bonchev–Trinajstić information content (AvgIpc) is 2.61. The van der Waals surface area contributed by atoms with Crippen molar-refractivity contribution in [1.29, 1.82) is 0 Å². The van der Waals surface area contributed by atoms with Crippen LogP contribution in [0, 0.1) is 0 Å². The summed E-state index contributed by atoms with van der Waals surface area (Å²) in [5, 5.41) is 8.77. The minimum atomic E-state index is -0.530. The number of carbonyl (C=O) groups excluding carboxylic acids is 2. The van der Waals surface area contributed by atoms with Crippen molar-refractivity contribution in [1.82, 2.24) is 10.6 Å². The molecule has 1 aromatic rings. The zero-order chi connectivity index (χ0) is 17.9. The van der Waals surface area contributed by atoms with Crippen LogP contribution in [-0.2, 0) is 9.63 Å². The van der Waals surface area contributed by atoms with Crippen LogP contribution in [0.1, 0.15) is 44.6 Å². The normalized spacial score (nSPS) is 14.9. The molecule has 1 aliphatic rings. The summed E-state index contributed by atoms with van der Waals surface area (Å²) in [5.74, 6) is 0.251. The number of oxime groups is 1. The topological polar surface area (TPSA) is 89.0 Å². The Morgan fingerprint density at radius 2 is 1.92 bits per heavy atom. The van der Waals surface area contributed by atoms with Crippen LogP contribution in [0.2, 0.25) is 0 Å². The Balaban J connectivity index is 1.64. The molecule has 7 heteroatoms. The van der Waals surface area contributed by atoms with E-state index in [0.717, 1.165) is 37.0 Å². The van der Waals surface area contributed by atoms with Gasteiger partial charge in [-0.2, -0.15) is 0 Å². The van der Waals surface area contributed by atoms with Gasteiger partial charge in [0, 0.05) is 6.04 Å². The molecule has 0 aliphatic heterocycles. The Labute approximate surface area is 147 Å². The third-order valence-electron chi connectivity index (χ3n) is 3.86. The number of rotatable bonds is 7. The van der Waals surface area contributed by atoms with Gasteiger partial charge in [-0.3, -0.25) is 10.1 Å². The summed E-state index contributed by atoms with van der Waals surface area (Å²) in [7, 11) is 0. The number of imide groups is 1. The van der Waals surface area contributed by atoms with E-state index in [-0.39, 0.29) is 12.6 Å². The van der Waals surface area contributed by atoms with Crippen LogP contribution in [0.3, 0.4) is 0 Å². The van der Waals surface area contributed by atoms with Gasteiger partial charge < -0.3 is 14.9 Å². The minimum Gasteiger partial charge on any atom is -0.494 e. The lowest BCUT2D eigenvalue weighted by atomic mass is 9.96. The van der Waals surface area contributed by atoms with Gasteiger partial charge in [-0.15, -0.1) is 0 Å². The second-order valence-electron chi connectivity index (χ2n) is 5.87.